The number of aliphatic hydroxyl groups is 1. The number of carbonyl (C=O) groups is 2. The van der Waals surface area contributed by atoms with Crippen LogP contribution < -0.4 is 14.2 Å². The van der Waals surface area contributed by atoms with E-state index in [0.29, 0.717) is 29.0 Å². The summed E-state index contributed by atoms with van der Waals surface area (Å²) in [6, 6.07) is 17.7. The summed E-state index contributed by atoms with van der Waals surface area (Å²) in [5.41, 5.74) is 3.82. The maximum absolute atomic E-state index is 13.4. The van der Waals surface area contributed by atoms with E-state index in [1.807, 2.05) is 56.3 Å². The van der Waals surface area contributed by atoms with Crippen molar-refractivity contribution in [2.75, 3.05) is 27.9 Å². The number of nitrogens with zero attached hydrogens (tertiary/aromatic N) is 1. The lowest BCUT2D eigenvalue weighted by molar-refractivity contribution is -0.139. The number of carbonyl (C=O) groups excluding carboxylic acids is 2. The molecule has 192 valence electrons. The molecule has 0 radical (unpaired) electrons. The minimum absolute atomic E-state index is 0.0354. The van der Waals surface area contributed by atoms with Crippen LogP contribution in [0.4, 0.5) is 0 Å². The molecule has 0 spiro atoms. The van der Waals surface area contributed by atoms with E-state index in [-0.39, 0.29) is 17.9 Å². The average molecular weight is 502 g/mol. The summed E-state index contributed by atoms with van der Waals surface area (Å²) in [6.45, 7) is 4.06. The van der Waals surface area contributed by atoms with Gasteiger partial charge in [0.25, 0.3) is 11.7 Å². The third kappa shape index (κ3) is 5.03. The second-order valence-electron chi connectivity index (χ2n) is 9.03. The van der Waals surface area contributed by atoms with Crippen molar-refractivity contribution in [2.45, 2.75) is 26.3 Å². The number of ketones is 1. The lowest BCUT2D eigenvalue weighted by Crippen LogP contribution is -2.31. The summed E-state index contributed by atoms with van der Waals surface area (Å²) < 4.78 is 16.1. The van der Waals surface area contributed by atoms with Gasteiger partial charge in [-0.2, -0.15) is 0 Å². The van der Waals surface area contributed by atoms with Crippen LogP contribution in [0.5, 0.6) is 17.2 Å². The van der Waals surface area contributed by atoms with Gasteiger partial charge < -0.3 is 24.2 Å². The van der Waals surface area contributed by atoms with E-state index in [1.54, 1.807) is 32.4 Å². The molecule has 1 amide bonds. The number of Topliss-reactive ketones (excluding diaryl/α,β-unsaturated/α-hetero) is 1. The third-order valence-corrected chi connectivity index (χ3v) is 6.65. The molecule has 1 unspecified atom stereocenters. The zero-order chi connectivity index (χ0) is 26.7. The fourth-order valence-electron chi connectivity index (χ4n) is 4.83. The van der Waals surface area contributed by atoms with Crippen LogP contribution in [-0.2, 0) is 16.0 Å². The molecule has 1 N–H and O–H groups in total. The lowest BCUT2D eigenvalue weighted by Gasteiger charge is -2.26. The molecule has 4 rings (SSSR count). The van der Waals surface area contributed by atoms with E-state index in [2.05, 4.69) is 0 Å². The quantitative estimate of drug-likeness (QED) is 0.266. The van der Waals surface area contributed by atoms with Gasteiger partial charge in [-0.3, -0.25) is 9.59 Å². The predicted octanol–water partition coefficient (Wildman–Crippen LogP) is 4.99. The lowest BCUT2D eigenvalue weighted by atomic mass is 9.93. The zero-order valence-electron chi connectivity index (χ0n) is 21.7. The summed E-state index contributed by atoms with van der Waals surface area (Å²) in [6.07, 6.45) is 0.524. The maximum atomic E-state index is 13.4. The van der Waals surface area contributed by atoms with Crippen LogP contribution in [-0.4, -0.2) is 49.6 Å². The summed E-state index contributed by atoms with van der Waals surface area (Å²) in [7, 11) is 4.69. The van der Waals surface area contributed by atoms with Gasteiger partial charge >= 0.3 is 0 Å². The number of methoxy groups -OCH3 is 3. The van der Waals surface area contributed by atoms with Gasteiger partial charge in [0, 0.05) is 6.54 Å². The second-order valence-corrected chi connectivity index (χ2v) is 9.03. The molecule has 3 aromatic rings. The monoisotopic (exact) mass is 501 g/mol. The number of amides is 1. The van der Waals surface area contributed by atoms with Gasteiger partial charge in [0.1, 0.15) is 23.0 Å². The largest absolute Gasteiger partial charge is 0.507 e. The Morgan fingerprint density at radius 1 is 0.865 bits per heavy atom. The Morgan fingerprint density at radius 3 is 2.03 bits per heavy atom. The molecule has 0 bridgehead atoms. The number of benzene rings is 3. The van der Waals surface area contributed by atoms with Gasteiger partial charge in [0.15, 0.2) is 0 Å². The Bertz CT molecular complexity index is 1340. The van der Waals surface area contributed by atoms with Crippen molar-refractivity contribution in [3.8, 4) is 17.2 Å². The van der Waals surface area contributed by atoms with E-state index in [0.717, 1.165) is 22.4 Å². The van der Waals surface area contributed by atoms with Crippen LogP contribution in [0.25, 0.3) is 5.76 Å². The van der Waals surface area contributed by atoms with Crippen LogP contribution in [0.1, 0.15) is 33.9 Å². The molecule has 0 aromatic heterocycles. The normalized spacial score (nSPS) is 16.7. The molecule has 0 saturated carbocycles. The number of hydrogen-bond acceptors (Lipinski definition) is 6. The van der Waals surface area contributed by atoms with Crippen molar-refractivity contribution in [1.82, 2.24) is 4.90 Å². The van der Waals surface area contributed by atoms with Crippen LogP contribution in [0.15, 0.2) is 66.2 Å². The van der Waals surface area contributed by atoms with Crippen LogP contribution in [0.2, 0.25) is 0 Å². The Labute approximate surface area is 216 Å². The third-order valence-electron chi connectivity index (χ3n) is 6.65. The summed E-state index contributed by atoms with van der Waals surface area (Å²) >= 11 is 0. The molecule has 1 fully saturated rings. The number of rotatable bonds is 8. The highest BCUT2D eigenvalue weighted by atomic mass is 16.5. The van der Waals surface area contributed by atoms with E-state index in [4.69, 9.17) is 14.2 Å². The summed E-state index contributed by atoms with van der Waals surface area (Å²) in [5.74, 6) is 0.212. The minimum atomic E-state index is -0.769. The Kier molecular flexibility index (Phi) is 7.53. The Balaban J connectivity index is 1.81. The first-order chi connectivity index (χ1) is 17.8. The van der Waals surface area contributed by atoms with Crippen molar-refractivity contribution in [2.24, 2.45) is 0 Å². The fourth-order valence-corrected chi connectivity index (χ4v) is 4.83. The van der Waals surface area contributed by atoms with Gasteiger partial charge in [-0.05, 0) is 72.9 Å². The highest BCUT2D eigenvalue weighted by Gasteiger charge is 2.46. The van der Waals surface area contributed by atoms with Gasteiger partial charge in [-0.1, -0.05) is 30.3 Å². The van der Waals surface area contributed by atoms with Crippen LogP contribution in [0.3, 0.4) is 0 Å². The maximum Gasteiger partial charge on any atom is 0.295 e. The van der Waals surface area contributed by atoms with Crippen molar-refractivity contribution >= 4 is 17.4 Å². The van der Waals surface area contributed by atoms with Gasteiger partial charge in [-0.25, -0.2) is 0 Å². The predicted molar refractivity (Wildman–Crippen MR) is 141 cm³/mol. The standard InChI is InChI=1S/C30H31NO6/c1-18-16-19(2)29(37-5)24(17-18)27(32)25-26(21-8-12-23(36-4)13-9-21)31(30(34)28(25)33)15-14-20-6-10-22(35-3)11-7-20/h6-13,16-17,26,32H,14-15H2,1-5H3/b27-25+. The number of aryl methyl sites for hydroxylation is 2. The Hall–Kier alpha value is -4.26. The first-order valence-electron chi connectivity index (χ1n) is 12.0. The highest BCUT2D eigenvalue weighted by molar-refractivity contribution is 6.46. The molecule has 7 heteroatoms. The van der Waals surface area contributed by atoms with Crippen molar-refractivity contribution in [1.29, 1.82) is 0 Å². The fraction of sp³-hybridized carbons (Fsp3) is 0.267. The molecule has 0 aliphatic carbocycles. The van der Waals surface area contributed by atoms with Crippen LogP contribution in [0, 0.1) is 13.8 Å². The molecule has 3 aromatic carbocycles. The zero-order valence-corrected chi connectivity index (χ0v) is 21.7. The molecule has 1 heterocycles. The SMILES string of the molecule is COc1ccc(CCN2C(=O)C(=O)/C(=C(/O)c3cc(C)cc(C)c3OC)C2c2ccc(OC)cc2)cc1. The van der Waals surface area contributed by atoms with Gasteiger partial charge in [0.05, 0.1) is 38.5 Å². The van der Waals surface area contributed by atoms with Crippen molar-refractivity contribution in [3.05, 3.63) is 94.1 Å². The molecule has 37 heavy (non-hydrogen) atoms. The van der Waals surface area contributed by atoms with E-state index < -0.39 is 17.7 Å². The van der Waals surface area contributed by atoms with Crippen LogP contribution >= 0.6 is 0 Å². The topological polar surface area (TPSA) is 85.3 Å². The summed E-state index contributed by atoms with van der Waals surface area (Å²) in [5, 5.41) is 11.5. The second kappa shape index (κ2) is 10.8. The summed E-state index contributed by atoms with van der Waals surface area (Å²) in [4.78, 5) is 28.3. The highest BCUT2D eigenvalue weighted by Crippen LogP contribution is 2.42. The first-order valence-corrected chi connectivity index (χ1v) is 12.0. The molecule has 1 atom stereocenters. The van der Waals surface area contributed by atoms with E-state index in [1.165, 1.54) is 12.0 Å². The number of aliphatic hydroxyl groups excluding tert-OH is 1. The molecule has 1 aliphatic heterocycles. The van der Waals surface area contributed by atoms with E-state index in [9.17, 15) is 14.7 Å². The molecular weight excluding hydrogens is 470 g/mol. The first kappa shape index (κ1) is 25.8. The molecular formula is C30H31NO6. The van der Waals surface area contributed by atoms with Crippen molar-refractivity contribution in [3.63, 3.8) is 0 Å². The molecule has 1 saturated heterocycles. The Morgan fingerprint density at radius 2 is 1.46 bits per heavy atom. The number of likely N-dealkylation sites (tertiary alicyclic amines) is 1. The molecule has 1 aliphatic rings. The minimum Gasteiger partial charge on any atom is -0.507 e. The van der Waals surface area contributed by atoms with E-state index >= 15 is 0 Å². The average Bonchev–Trinajstić information content (AvgIpc) is 3.16. The number of hydrogen-bond donors (Lipinski definition) is 1. The smallest absolute Gasteiger partial charge is 0.295 e. The number of ether oxygens (including phenoxy) is 3. The van der Waals surface area contributed by atoms with Crippen molar-refractivity contribution < 1.29 is 28.9 Å². The molecule has 7 nitrogen and oxygen atoms in total. The van der Waals surface area contributed by atoms with Gasteiger partial charge in [0.2, 0.25) is 0 Å². The van der Waals surface area contributed by atoms with Gasteiger partial charge in [-0.15, -0.1) is 0 Å².